The van der Waals surface area contributed by atoms with Gasteiger partial charge < -0.3 is 14.8 Å². The van der Waals surface area contributed by atoms with Crippen LogP contribution in [0.5, 0.6) is 0 Å². The maximum absolute atomic E-state index is 3.58. The molecule has 1 unspecified atom stereocenters. The Balaban J connectivity index is 1.77. The molecule has 0 saturated carbocycles. The lowest BCUT2D eigenvalue weighted by Gasteiger charge is -2.18. The first-order valence-electron chi connectivity index (χ1n) is 7.92. The van der Waals surface area contributed by atoms with Gasteiger partial charge in [-0.2, -0.15) is 0 Å². The summed E-state index contributed by atoms with van der Waals surface area (Å²) in [7, 11) is 0. The highest BCUT2D eigenvalue weighted by atomic mass is 15.1. The Morgan fingerprint density at radius 3 is 2.79 bits per heavy atom. The van der Waals surface area contributed by atoms with Crippen LogP contribution in [-0.2, 0) is 6.54 Å². The van der Waals surface area contributed by atoms with E-state index in [0.717, 1.165) is 13.1 Å². The Morgan fingerprint density at radius 1 is 1.26 bits per heavy atom. The summed E-state index contributed by atoms with van der Waals surface area (Å²) >= 11 is 0. The number of nitrogens with one attached hydrogen (secondary N) is 1. The molecule has 0 spiro atoms. The van der Waals surface area contributed by atoms with Crippen molar-refractivity contribution in [1.29, 1.82) is 0 Å². The first-order chi connectivity index (χ1) is 9.31. The molecular weight excluding hydrogens is 234 g/mol. The third kappa shape index (κ3) is 4.36. The number of hydrogen-bond donors (Lipinski definition) is 1. The number of aryl methyl sites for hydroxylation is 1. The summed E-state index contributed by atoms with van der Waals surface area (Å²) in [5, 5.41) is 3.58. The van der Waals surface area contributed by atoms with Crippen molar-refractivity contribution in [2.24, 2.45) is 0 Å². The molecule has 1 atom stereocenters. The second kappa shape index (κ2) is 7.71. The second-order valence-electron chi connectivity index (χ2n) is 5.70. The van der Waals surface area contributed by atoms with Gasteiger partial charge in [-0.3, -0.25) is 0 Å². The molecule has 19 heavy (non-hydrogen) atoms. The molecule has 1 aliphatic rings. The molecule has 0 aliphatic carbocycles. The fourth-order valence-corrected chi connectivity index (χ4v) is 2.96. The molecule has 2 heterocycles. The fourth-order valence-electron chi connectivity index (χ4n) is 2.96. The van der Waals surface area contributed by atoms with E-state index in [0.29, 0.717) is 6.04 Å². The molecule has 1 aliphatic heterocycles. The SMILES string of the molecule is CCCNC(C)c1cccn1CCCN1CCCC1. The van der Waals surface area contributed by atoms with Gasteiger partial charge in [0.05, 0.1) is 0 Å². The Hall–Kier alpha value is -0.800. The van der Waals surface area contributed by atoms with Gasteiger partial charge in [0.15, 0.2) is 0 Å². The van der Waals surface area contributed by atoms with Gasteiger partial charge in [-0.05, 0) is 70.9 Å². The van der Waals surface area contributed by atoms with Gasteiger partial charge >= 0.3 is 0 Å². The molecule has 1 N–H and O–H groups in total. The summed E-state index contributed by atoms with van der Waals surface area (Å²) in [4.78, 5) is 2.60. The molecule has 0 amide bonds. The Labute approximate surface area is 118 Å². The highest BCUT2D eigenvalue weighted by Crippen LogP contribution is 2.14. The molecule has 0 aromatic carbocycles. The van der Waals surface area contributed by atoms with Gasteiger partial charge in [-0.15, -0.1) is 0 Å². The predicted molar refractivity (Wildman–Crippen MR) is 81.4 cm³/mol. The molecule has 2 rings (SSSR count). The molecule has 1 saturated heterocycles. The van der Waals surface area contributed by atoms with Crippen molar-refractivity contribution in [2.75, 3.05) is 26.2 Å². The van der Waals surface area contributed by atoms with E-state index in [4.69, 9.17) is 0 Å². The summed E-state index contributed by atoms with van der Waals surface area (Å²) in [5.74, 6) is 0. The predicted octanol–water partition coefficient (Wildman–Crippen LogP) is 3.03. The number of nitrogens with zero attached hydrogens (tertiary/aromatic N) is 2. The quantitative estimate of drug-likeness (QED) is 0.778. The van der Waals surface area contributed by atoms with E-state index in [2.05, 4.69) is 47.0 Å². The van der Waals surface area contributed by atoms with E-state index >= 15 is 0 Å². The lowest BCUT2D eigenvalue weighted by molar-refractivity contribution is 0.323. The maximum Gasteiger partial charge on any atom is 0.0446 e. The lowest BCUT2D eigenvalue weighted by atomic mass is 10.2. The third-order valence-electron chi connectivity index (χ3n) is 4.08. The van der Waals surface area contributed by atoms with Crippen LogP contribution in [0.3, 0.4) is 0 Å². The molecule has 0 radical (unpaired) electrons. The largest absolute Gasteiger partial charge is 0.350 e. The average molecular weight is 263 g/mol. The van der Waals surface area contributed by atoms with E-state index < -0.39 is 0 Å². The van der Waals surface area contributed by atoms with E-state index in [1.54, 1.807) is 0 Å². The molecule has 1 aromatic rings. The normalized spacial score (nSPS) is 18.0. The van der Waals surface area contributed by atoms with Crippen LogP contribution in [0, 0.1) is 0 Å². The third-order valence-corrected chi connectivity index (χ3v) is 4.08. The maximum atomic E-state index is 3.58. The van der Waals surface area contributed by atoms with Crippen molar-refractivity contribution in [3.63, 3.8) is 0 Å². The zero-order valence-corrected chi connectivity index (χ0v) is 12.6. The van der Waals surface area contributed by atoms with Crippen LogP contribution in [0.25, 0.3) is 0 Å². The number of likely N-dealkylation sites (tertiary alicyclic amines) is 1. The summed E-state index contributed by atoms with van der Waals surface area (Å²) in [6.45, 7) is 10.6. The molecular formula is C16H29N3. The minimum Gasteiger partial charge on any atom is -0.350 e. The van der Waals surface area contributed by atoms with Crippen molar-refractivity contribution in [3.8, 4) is 0 Å². The van der Waals surface area contributed by atoms with Crippen LogP contribution in [0.15, 0.2) is 18.3 Å². The van der Waals surface area contributed by atoms with Gasteiger partial charge in [0.25, 0.3) is 0 Å². The first kappa shape index (κ1) is 14.6. The first-order valence-corrected chi connectivity index (χ1v) is 7.92. The summed E-state index contributed by atoms with van der Waals surface area (Å²) in [6, 6.07) is 4.89. The smallest absolute Gasteiger partial charge is 0.0446 e. The van der Waals surface area contributed by atoms with E-state index in [1.165, 1.54) is 51.0 Å². The van der Waals surface area contributed by atoms with E-state index in [-0.39, 0.29) is 0 Å². The van der Waals surface area contributed by atoms with Gasteiger partial charge in [0.1, 0.15) is 0 Å². The fraction of sp³-hybridized carbons (Fsp3) is 0.750. The molecule has 1 fully saturated rings. The number of hydrogen-bond acceptors (Lipinski definition) is 2. The molecule has 0 bridgehead atoms. The van der Waals surface area contributed by atoms with E-state index in [1.807, 2.05) is 0 Å². The molecule has 3 heteroatoms. The Kier molecular flexibility index (Phi) is 5.93. The minimum absolute atomic E-state index is 0.460. The molecule has 108 valence electrons. The molecule has 3 nitrogen and oxygen atoms in total. The van der Waals surface area contributed by atoms with Crippen molar-refractivity contribution in [3.05, 3.63) is 24.0 Å². The Morgan fingerprint density at radius 2 is 2.05 bits per heavy atom. The zero-order valence-electron chi connectivity index (χ0n) is 12.6. The highest BCUT2D eigenvalue weighted by molar-refractivity contribution is 5.11. The van der Waals surface area contributed by atoms with Gasteiger partial charge in [-0.1, -0.05) is 6.92 Å². The van der Waals surface area contributed by atoms with Crippen LogP contribution in [-0.4, -0.2) is 35.6 Å². The Bertz CT molecular complexity index is 353. The van der Waals surface area contributed by atoms with Gasteiger partial charge in [-0.25, -0.2) is 0 Å². The highest BCUT2D eigenvalue weighted by Gasteiger charge is 2.12. The van der Waals surface area contributed by atoms with Crippen molar-refractivity contribution < 1.29 is 0 Å². The van der Waals surface area contributed by atoms with Crippen LogP contribution >= 0.6 is 0 Å². The minimum atomic E-state index is 0.460. The van der Waals surface area contributed by atoms with Crippen LogP contribution in [0.4, 0.5) is 0 Å². The number of aromatic nitrogens is 1. The molecule has 1 aromatic heterocycles. The van der Waals surface area contributed by atoms with Gasteiger partial charge in [0.2, 0.25) is 0 Å². The van der Waals surface area contributed by atoms with Crippen LogP contribution < -0.4 is 5.32 Å². The zero-order chi connectivity index (χ0) is 13.5. The van der Waals surface area contributed by atoms with Crippen LogP contribution in [0.1, 0.15) is 51.3 Å². The lowest BCUT2D eigenvalue weighted by Crippen LogP contribution is -2.24. The number of rotatable bonds is 8. The second-order valence-corrected chi connectivity index (χ2v) is 5.70. The van der Waals surface area contributed by atoms with Crippen molar-refractivity contribution in [2.45, 2.75) is 52.1 Å². The summed E-state index contributed by atoms with van der Waals surface area (Å²) in [5.41, 5.74) is 1.43. The van der Waals surface area contributed by atoms with Gasteiger partial charge in [0, 0.05) is 24.5 Å². The average Bonchev–Trinajstić information content (AvgIpc) is 3.07. The topological polar surface area (TPSA) is 20.2 Å². The van der Waals surface area contributed by atoms with Crippen molar-refractivity contribution in [1.82, 2.24) is 14.8 Å². The monoisotopic (exact) mass is 263 g/mol. The standard InChI is InChI=1S/C16H29N3/c1-3-9-17-15(2)16-8-6-13-19(16)14-7-12-18-10-4-5-11-18/h6,8,13,15,17H,3-5,7,9-12,14H2,1-2H3. The van der Waals surface area contributed by atoms with E-state index in [9.17, 15) is 0 Å². The van der Waals surface area contributed by atoms with Crippen molar-refractivity contribution >= 4 is 0 Å². The van der Waals surface area contributed by atoms with Crippen LogP contribution in [0.2, 0.25) is 0 Å². The summed E-state index contributed by atoms with van der Waals surface area (Å²) in [6.07, 6.45) is 7.48. The summed E-state index contributed by atoms with van der Waals surface area (Å²) < 4.78 is 2.42.